The summed E-state index contributed by atoms with van der Waals surface area (Å²) >= 11 is 0. The number of aromatic carboxylic acids is 1. The molecule has 0 aliphatic heterocycles. The fourth-order valence-electron chi connectivity index (χ4n) is 1.88. The summed E-state index contributed by atoms with van der Waals surface area (Å²) in [6, 6.07) is 14.0. The quantitative estimate of drug-likeness (QED) is 0.322. The molecule has 0 bridgehead atoms. The molecule has 0 aliphatic carbocycles. The van der Waals surface area contributed by atoms with E-state index in [0.717, 1.165) is 12.8 Å². The van der Waals surface area contributed by atoms with E-state index in [1.54, 1.807) is 0 Å². The minimum absolute atomic E-state index is 0.140. The first-order valence-corrected chi connectivity index (χ1v) is 7.59. The number of hydrogen-bond donors (Lipinski definition) is 3. The van der Waals surface area contributed by atoms with Crippen molar-refractivity contribution in [3.05, 3.63) is 72.3 Å². The van der Waals surface area contributed by atoms with Gasteiger partial charge in [0.25, 0.3) is 0 Å². The standard InChI is InChI=1S/C12H14O2.C7H7NO3/c1-2-12(13)14-10-6-9-11-7-4-3-5-8-11;8-4-1-2-5(7(10)11)6(9)3-4/h2-5,7-8H,1,6,9-10H2;1-3,9H,8H2,(H,10,11). The number of aryl methyl sites for hydroxylation is 1. The Balaban J connectivity index is 0.000000257. The van der Waals surface area contributed by atoms with E-state index < -0.39 is 5.97 Å². The average molecular weight is 343 g/mol. The summed E-state index contributed by atoms with van der Waals surface area (Å²) in [7, 11) is 0. The molecule has 0 radical (unpaired) electrons. The molecule has 0 aliphatic rings. The van der Waals surface area contributed by atoms with Crippen LogP contribution in [0.3, 0.4) is 0 Å². The van der Waals surface area contributed by atoms with Crippen LogP contribution in [0.2, 0.25) is 0 Å². The minimum atomic E-state index is -1.16. The van der Waals surface area contributed by atoms with Crippen LogP contribution < -0.4 is 5.73 Å². The molecule has 2 rings (SSSR count). The molecule has 0 spiro atoms. The number of aromatic hydroxyl groups is 1. The lowest BCUT2D eigenvalue weighted by Crippen LogP contribution is -2.02. The molecule has 0 aromatic heterocycles. The normalized spacial score (nSPS) is 9.44. The topological polar surface area (TPSA) is 110 Å². The number of rotatable bonds is 6. The van der Waals surface area contributed by atoms with Crippen LogP contribution in [0.25, 0.3) is 0 Å². The van der Waals surface area contributed by atoms with Crippen LogP contribution in [0.5, 0.6) is 5.75 Å². The summed E-state index contributed by atoms with van der Waals surface area (Å²) in [5, 5.41) is 17.5. The Morgan fingerprint density at radius 1 is 1.16 bits per heavy atom. The zero-order valence-corrected chi connectivity index (χ0v) is 13.7. The van der Waals surface area contributed by atoms with Gasteiger partial charge in [-0.15, -0.1) is 0 Å². The van der Waals surface area contributed by atoms with Gasteiger partial charge < -0.3 is 20.7 Å². The Morgan fingerprint density at radius 2 is 1.84 bits per heavy atom. The zero-order chi connectivity index (χ0) is 18.7. The van der Waals surface area contributed by atoms with Crippen LogP contribution in [0.15, 0.2) is 61.2 Å². The van der Waals surface area contributed by atoms with Crippen molar-refractivity contribution in [2.75, 3.05) is 12.3 Å². The van der Waals surface area contributed by atoms with Gasteiger partial charge in [0.15, 0.2) is 0 Å². The Hall–Kier alpha value is -3.28. The van der Waals surface area contributed by atoms with Gasteiger partial charge in [0.2, 0.25) is 0 Å². The van der Waals surface area contributed by atoms with Gasteiger partial charge in [-0.3, -0.25) is 0 Å². The van der Waals surface area contributed by atoms with Gasteiger partial charge >= 0.3 is 11.9 Å². The highest BCUT2D eigenvalue weighted by atomic mass is 16.5. The van der Waals surface area contributed by atoms with E-state index >= 15 is 0 Å². The van der Waals surface area contributed by atoms with Gasteiger partial charge in [-0.05, 0) is 30.5 Å². The van der Waals surface area contributed by atoms with Crippen molar-refractivity contribution in [2.45, 2.75) is 12.8 Å². The summed E-state index contributed by atoms with van der Waals surface area (Å²) < 4.78 is 4.86. The maximum atomic E-state index is 10.7. The first kappa shape index (κ1) is 19.8. The molecular weight excluding hydrogens is 322 g/mol. The lowest BCUT2D eigenvalue weighted by Gasteiger charge is -2.01. The van der Waals surface area contributed by atoms with E-state index in [0.29, 0.717) is 12.3 Å². The minimum Gasteiger partial charge on any atom is -0.507 e. The van der Waals surface area contributed by atoms with E-state index in [9.17, 15) is 9.59 Å². The second-order valence-electron chi connectivity index (χ2n) is 5.04. The maximum Gasteiger partial charge on any atom is 0.339 e. The Labute approximate surface area is 146 Å². The molecule has 0 saturated heterocycles. The summed E-state index contributed by atoms with van der Waals surface area (Å²) in [5.74, 6) is -1.82. The number of nitrogens with two attached hydrogens (primary N) is 1. The summed E-state index contributed by atoms with van der Waals surface area (Å²) in [6.07, 6.45) is 2.97. The molecule has 0 saturated carbocycles. The fourth-order valence-corrected chi connectivity index (χ4v) is 1.88. The van der Waals surface area contributed by atoms with Crippen molar-refractivity contribution in [3.8, 4) is 5.75 Å². The number of esters is 1. The number of carboxylic acid groups (broad SMARTS) is 1. The van der Waals surface area contributed by atoms with Crippen LogP contribution in [0, 0.1) is 0 Å². The second-order valence-corrected chi connectivity index (χ2v) is 5.04. The number of carboxylic acids is 1. The first-order chi connectivity index (χ1) is 11.9. The Morgan fingerprint density at radius 3 is 2.40 bits per heavy atom. The molecule has 4 N–H and O–H groups in total. The molecule has 6 heteroatoms. The zero-order valence-electron chi connectivity index (χ0n) is 13.7. The molecule has 0 amide bonds. The molecule has 132 valence electrons. The van der Waals surface area contributed by atoms with Crippen molar-refractivity contribution in [1.82, 2.24) is 0 Å². The van der Waals surface area contributed by atoms with Crippen LogP contribution in [0.1, 0.15) is 22.3 Å². The van der Waals surface area contributed by atoms with Crippen LogP contribution in [0.4, 0.5) is 5.69 Å². The highest BCUT2D eigenvalue weighted by molar-refractivity contribution is 5.91. The van der Waals surface area contributed by atoms with E-state index in [2.05, 4.69) is 18.7 Å². The smallest absolute Gasteiger partial charge is 0.339 e. The van der Waals surface area contributed by atoms with Crippen molar-refractivity contribution in [2.24, 2.45) is 0 Å². The van der Waals surface area contributed by atoms with Crippen molar-refractivity contribution < 1.29 is 24.5 Å². The van der Waals surface area contributed by atoms with Crippen LogP contribution in [-0.2, 0) is 16.0 Å². The van der Waals surface area contributed by atoms with Gasteiger partial charge in [0.05, 0.1) is 6.61 Å². The Kier molecular flexibility index (Phi) is 8.29. The predicted molar refractivity (Wildman–Crippen MR) is 95.4 cm³/mol. The molecule has 0 heterocycles. The van der Waals surface area contributed by atoms with Gasteiger partial charge in [-0.2, -0.15) is 0 Å². The van der Waals surface area contributed by atoms with Gasteiger partial charge in [-0.25, -0.2) is 9.59 Å². The monoisotopic (exact) mass is 343 g/mol. The number of phenols is 1. The lowest BCUT2D eigenvalue weighted by atomic mass is 10.1. The number of benzene rings is 2. The van der Waals surface area contributed by atoms with E-state index in [4.69, 9.17) is 20.7 Å². The maximum absolute atomic E-state index is 10.7. The summed E-state index contributed by atoms with van der Waals surface area (Å²) in [4.78, 5) is 21.0. The number of carbonyl (C=O) groups is 2. The summed E-state index contributed by atoms with van der Waals surface area (Å²) in [5.41, 5.74) is 6.74. The third kappa shape index (κ3) is 7.69. The second kappa shape index (κ2) is 10.5. The van der Waals surface area contributed by atoms with E-state index in [1.807, 2.05) is 18.2 Å². The molecule has 6 nitrogen and oxygen atoms in total. The van der Waals surface area contributed by atoms with Crippen molar-refractivity contribution in [3.63, 3.8) is 0 Å². The first-order valence-electron chi connectivity index (χ1n) is 7.59. The fraction of sp³-hybridized carbons (Fsp3) is 0.158. The predicted octanol–water partition coefficient (Wildman–Crippen LogP) is 3.02. The highest BCUT2D eigenvalue weighted by Crippen LogP contribution is 2.19. The number of carbonyl (C=O) groups excluding carboxylic acids is 1. The highest BCUT2D eigenvalue weighted by Gasteiger charge is 2.07. The molecule has 0 fully saturated rings. The van der Waals surface area contributed by atoms with Gasteiger partial charge in [0.1, 0.15) is 11.3 Å². The van der Waals surface area contributed by atoms with Crippen LogP contribution in [-0.4, -0.2) is 28.8 Å². The van der Waals surface area contributed by atoms with Crippen molar-refractivity contribution in [1.29, 1.82) is 0 Å². The number of ether oxygens (including phenoxy) is 1. The molecule has 2 aromatic rings. The van der Waals surface area contributed by atoms with Crippen molar-refractivity contribution >= 4 is 17.6 Å². The molecule has 0 unspecified atom stereocenters. The van der Waals surface area contributed by atoms with Crippen LogP contribution >= 0.6 is 0 Å². The molecule has 25 heavy (non-hydrogen) atoms. The molecule has 2 aromatic carbocycles. The molecular formula is C19H21NO5. The van der Waals surface area contributed by atoms with E-state index in [1.165, 1.54) is 29.8 Å². The Bertz CT molecular complexity index is 713. The third-order valence-electron chi connectivity index (χ3n) is 3.12. The van der Waals surface area contributed by atoms with Gasteiger partial charge in [0, 0.05) is 17.8 Å². The third-order valence-corrected chi connectivity index (χ3v) is 3.12. The summed E-state index contributed by atoms with van der Waals surface area (Å²) in [6.45, 7) is 3.78. The number of anilines is 1. The SMILES string of the molecule is C=CC(=O)OCCCc1ccccc1.Nc1ccc(C(=O)O)c(O)c1. The van der Waals surface area contributed by atoms with E-state index in [-0.39, 0.29) is 17.3 Å². The number of hydrogen-bond acceptors (Lipinski definition) is 5. The average Bonchev–Trinajstić information content (AvgIpc) is 2.59. The lowest BCUT2D eigenvalue weighted by molar-refractivity contribution is -0.137. The molecule has 0 atom stereocenters. The van der Waals surface area contributed by atoms with Gasteiger partial charge in [-0.1, -0.05) is 36.9 Å². The number of nitrogen functional groups attached to an aromatic ring is 1. The largest absolute Gasteiger partial charge is 0.507 e.